The molecule has 0 bridgehead atoms. The van der Waals surface area contributed by atoms with Crippen molar-refractivity contribution in [3.63, 3.8) is 0 Å². The number of aryl methyl sites for hydroxylation is 1. The topological polar surface area (TPSA) is 70.5 Å². The molecule has 1 atom stereocenters. The Labute approximate surface area is 107 Å². The van der Waals surface area contributed by atoms with Gasteiger partial charge in [-0.15, -0.1) is 11.3 Å². The van der Waals surface area contributed by atoms with Gasteiger partial charge in [-0.3, -0.25) is 4.79 Å². The summed E-state index contributed by atoms with van der Waals surface area (Å²) in [6, 6.07) is -0.720. The minimum atomic E-state index is -0.937. The van der Waals surface area contributed by atoms with Gasteiger partial charge in [0.15, 0.2) is 0 Å². The Kier molecular flexibility index (Phi) is 3.68. The molecule has 92 valence electrons. The minimum Gasteiger partial charge on any atom is -0.480 e. The third-order valence-corrected chi connectivity index (χ3v) is 4.55. The Morgan fingerprint density at radius 1 is 1.59 bits per heavy atom. The van der Waals surface area contributed by atoms with E-state index in [1.165, 1.54) is 16.2 Å². The molecule has 0 saturated carbocycles. The van der Waals surface area contributed by atoms with Gasteiger partial charge in [0.25, 0.3) is 5.91 Å². The largest absolute Gasteiger partial charge is 0.480 e. The van der Waals surface area contributed by atoms with Crippen LogP contribution >= 0.6 is 23.1 Å². The summed E-state index contributed by atoms with van der Waals surface area (Å²) in [5.74, 6) is 0.0946. The summed E-state index contributed by atoms with van der Waals surface area (Å²) in [6.07, 6.45) is 0. The molecule has 2 heterocycles. The van der Waals surface area contributed by atoms with Gasteiger partial charge < -0.3 is 10.0 Å². The van der Waals surface area contributed by atoms with Gasteiger partial charge in [0.2, 0.25) is 0 Å². The molecule has 1 aliphatic heterocycles. The first-order valence-electron chi connectivity index (χ1n) is 5.13. The summed E-state index contributed by atoms with van der Waals surface area (Å²) >= 11 is 2.83. The zero-order chi connectivity index (χ0) is 12.4. The number of aromatic nitrogens is 1. The van der Waals surface area contributed by atoms with Crippen LogP contribution in [0.5, 0.6) is 0 Å². The maximum absolute atomic E-state index is 12.2. The molecule has 1 fully saturated rings. The predicted octanol–water partition coefficient (Wildman–Crippen LogP) is 1.09. The second kappa shape index (κ2) is 5.05. The number of carboxylic acid groups (broad SMARTS) is 1. The second-order valence-corrected chi connectivity index (χ2v) is 5.70. The fraction of sp³-hybridized carbons (Fsp3) is 0.500. The molecule has 1 N–H and O–H groups in total. The van der Waals surface area contributed by atoms with Gasteiger partial charge in [0.1, 0.15) is 10.9 Å². The molecule has 0 aromatic carbocycles. The van der Waals surface area contributed by atoms with Crippen molar-refractivity contribution in [2.24, 2.45) is 0 Å². The highest BCUT2D eigenvalue weighted by Crippen LogP contribution is 2.22. The number of hydrogen-bond donors (Lipinski definition) is 1. The van der Waals surface area contributed by atoms with Crippen molar-refractivity contribution in [1.82, 2.24) is 9.88 Å². The molecule has 1 aromatic heterocycles. The van der Waals surface area contributed by atoms with Crippen molar-refractivity contribution in [3.8, 4) is 0 Å². The first-order chi connectivity index (χ1) is 8.11. The van der Waals surface area contributed by atoms with Crippen molar-refractivity contribution in [3.05, 3.63) is 16.1 Å². The van der Waals surface area contributed by atoms with Crippen molar-refractivity contribution in [1.29, 1.82) is 0 Å². The van der Waals surface area contributed by atoms with Crippen LogP contribution in [0.15, 0.2) is 5.51 Å². The average molecular weight is 272 g/mol. The van der Waals surface area contributed by atoms with Crippen molar-refractivity contribution in [2.75, 3.05) is 18.1 Å². The summed E-state index contributed by atoms with van der Waals surface area (Å²) in [6.45, 7) is 2.25. The first kappa shape index (κ1) is 12.4. The molecule has 1 amide bonds. The fourth-order valence-electron chi connectivity index (χ4n) is 1.69. The van der Waals surface area contributed by atoms with Crippen LogP contribution in [0.25, 0.3) is 0 Å². The number of aliphatic carboxylic acids is 1. The Hall–Kier alpha value is -1.08. The van der Waals surface area contributed by atoms with Gasteiger partial charge in [-0.25, -0.2) is 9.78 Å². The van der Waals surface area contributed by atoms with Gasteiger partial charge >= 0.3 is 5.97 Å². The van der Waals surface area contributed by atoms with Crippen LogP contribution < -0.4 is 0 Å². The summed E-state index contributed by atoms with van der Waals surface area (Å²) in [4.78, 5) is 29.3. The van der Waals surface area contributed by atoms with E-state index in [9.17, 15) is 9.59 Å². The van der Waals surface area contributed by atoms with Gasteiger partial charge in [0, 0.05) is 18.1 Å². The molecule has 1 aromatic rings. The molecular formula is C10H12N2O3S2. The third-order valence-electron chi connectivity index (χ3n) is 2.61. The molecule has 0 radical (unpaired) electrons. The molecule has 0 aliphatic carbocycles. The highest BCUT2D eigenvalue weighted by atomic mass is 32.2. The summed E-state index contributed by atoms with van der Waals surface area (Å²) < 4.78 is 0. The van der Waals surface area contributed by atoms with Crippen LogP contribution in [0.3, 0.4) is 0 Å². The highest BCUT2D eigenvalue weighted by Gasteiger charge is 2.33. The number of rotatable bonds is 2. The van der Waals surface area contributed by atoms with Crippen LogP contribution in [0.2, 0.25) is 0 Å². The number of carboxylic acids is 1. The van der Waals surface area contributed by atoms with E-state index in [1.807, 2.05) is 0 Å². The maximum Gasteiger partial charge on any atom is 0.327 e. The number of hydrogen-bond acceptors (Lipinski definition) is 5. The smallest absolute Gasteiger partial charge is 0.327 e. The Bertz CT molecular complexity index is 447. The average Bonchev–Trinajstić information content (AvgIpc) is 2.74. The van der Waals surface area contributed by atoms with E-state index in [2.05, 4.69) is 4.98 Å². The molecule has 1 unspecified atom stereocenters. The lowest BCUT2D eigenvalue weighted by atomic mass is 10.2. The van der Waals surface area contributed by atoms with Crippen molar-refractivity contribution in [2.45, 2.75) is 13.0 Å². The number of thioether (sulfide) groups is 1. The van der Waals surface area contributed by atoms with Crippen LogP contribution in [-0.2, 0) is 4.79 Å². The third kappa shape index (κ3) is 2.44. The quantitative estimate of drug-likeness (QED) is 0.872. The highest BCUT2D eigenvalue weighted by molar-refractivity contribution is 7.99. The number of amides is 1. The predicted molar refractivity (Wildman–Crippen MR) is 66.6 cm³/mol. The molecule has 2 rings (SSSR count). The van der Waals surface area contributed by atoms with Gasteiger partial charge in [-0.2, -0.15) is 11.8 Å². The zero-order valence-corrected chi connectivity index (χ0v) is 10.9. The standard InChI is InChI=1S/C10H12N2O3S2/c1-6-8(17-5-11-6)9(13)12-2-3-16-4-7(12)10(14)15/h5,7H,2-4H2,1H3,(H,14,15). The summed E-state index contributed by atoms with van der Waals surface area (Å²) in [7, 11) is 0. The molecule has 0 spiro atoms. The van der Waals surface area contributed by atoms with Crippen LogP contribution in [0.4, 0.5) is 0 Å². The summed E-state index contributed by atoms with van der Waals surface area (Å²) in [5, 5.41) is 9.10. The lowest BCUT2D eigenvalue weighted by molar-refractivity contribution is -0.141. The fourth-order valence-corrected chi connectivity index (χ4v) is 3.48. The summed E-state index contributed by atoms with van der Waals surface area (Å²) in [5.41, 5.74) is 2.28. The van der Waals surface area contributed by atoms with Gasteiger partial charge in [-0.05, 0) is 6.92 Å². The van der Waals surface area contributed by atoms with Gasteiger partial charge in [-0.1, -0.05) is 0 Å². The number of thiazole rings is 1. The van der Waals surface area contributed by atoms with Crippen molar-refractivity contribution < 1.29 is 14.7 Å². The van der Waals surface area contributed by atoms with E-state index in [4.69, 9.17) is 5.11 Å². The van der Waals surface area contributed by atoms with Crippen molar-refractivity contribution >= 4 is 35.0 Å². The van der Waals surface area contributed by atoms with E-state index in [0.717, 1.165) is 5.75 Å². The first-order valence-corrected chi connectivity index (χ1v) is 7.16. The number of nitrogens with zero attached hydrogens (tertiary/aromatic N) is 2. The lowest BCUT2D eigenvalue weighted by Crippen LogP contribution is -2.50. The normalized spacial score (nSPS) is 20.3. The Morgan fingerprint density at radius 3 is 2.94 bits per heavy atom. The molecule has 17 heavy (non-hydrogen) atoms. The van der Waals surface area contributed by atoms with E-state index in [-0.39, 0.29) is 5.91 Å². The molecule has 7 heteroatoms. The van der Waals surface area contributed by atoms with Crippen LogP contribution in [0, 0.1) is 6.92 Å². The molecule has 1 aliphatic rings. The van der Waals surface area contributed by atoms with E-state index in [1.54, 1.807) is 24.2 Å². The Balaban J connectivity index is 2.23. The monoisotopic (exact) mass is 272 g/mol. The molecule has 1 saturated heterocycles. The number of carbonyl (C=O) groups excluding carboxylic acids is 1. The lowest BCUT2D eigenvalue weighted by Gasteiger charge is -2.32. The minimum absolute atomic E-state index is 0.210. The van der Waals surface area contributed by atoms with E-state index >= 15 is 0 Å². The van der Waals surface area contributed by atoms with Gasteiger partial charge in [0.05, 0.1) is 11.2 Å². The maximum atomic E-state index is 12.2. The second-order valence-electron chi connectivity index (χ2n) is 3.69. The van der Waals surface area contributed by atoms with Crippen LogP contribution in [0.1, 0.15) is 15.4 Å². The molecular weight excluding hydrogens is 260 g/mol. The molecule has 5 nitrogen and oxygen atoms in total. The SMILES string of the molecule is Cc1ncsc1C(=O)N1CCSCC1C(=O)O. The Morgan fingerprint density at radius 2 is 2.35 bits per heavy atom. The van der Waals surface area contributed by atoms with E-state index in [0.29, 0.717) is 22.9 Å². The number of carbonyl (C=O) groups is 2. The van der Waals surface area contributed by atoms with E-state index < -0.39 is 12.0 Å². The van der Waals surface area contributed by atoms with Crippen LogP contribution in [-0.4, -0.2) is 51.0 Å². The zero-order valence-electron chi connectivity index (χ0n) is 9.25.